The van der Waals surface area contributed by atoms with Gasteiger partial charge in [0, 0.05) is 19.4 Å². The monoisotopic (exact) mass is 435 g/mol. The predicted molar refractivity (Wildman–Crippen MR) is 118 cm³/mol. The van der Waals surface area contributed by atoms with Crippen molar-refractivity contribution in [2.75, 3.05) is 13.7 Å². The Kier molecular flexibility index (Phi) is 10.7. The van der Waals surface area contributed by atoms with Crippen molar-refractivity contribution in [3.8, 4) is 0 Å². The summed E-state index contributed by atoms with van der Waals surface area (Å²) in [7, 11) is 1.36. The standard InChI is InChI=1S/C25H35F2NO3/c1-31-23(29)18-12-5-6-13-19-28-22(20-25(26,27)24(28)30)17-11-4-2-3-8-14-21-15-9-7-10-16-21/h7,9-11,15-17,22H,2-6,8,12-14,18-20H2,1H3/b17-11+. The van der Waals surface area contributed by atoms with Crippen LogP contribution in [0.3, 0.4) is 0 Å². The van der Waals surface area contributed by atoms with Crippen LogP contribution in [0, 0.1) is 0 Å². The summed E-state index contributed by atoms with van der Waals surface area (Å²) in [6.07, 6.45) is 11.8. The number of likely N-dealkylation sites (tertiary alicyclic amines) is 1. The number of nitrogens with zero attached hydrogens (tertiary/aromatic N) is 1. The third-order valence-electron chi connectivity index (χ3n) is 5.73. The van der Waals surface area contributed by atoms with Crippen molar-refractivity contribution in [2.45, 2.75) is 82.6 Å². The molecule has 1 aromatic carbocycles. The first-order valence-corrected chi connectivity index (χ1v) is 11.4. The summed E-state index contributed by atoms with van der Waals surface area (Å²) < 4.78 is 32.5. The molecule has 0 radical (unpaired) electrons. The lowest BCUT2D eigenvalue weighted by Crippen LogP contribution is -2.36. The summed E-state index contributed by atoms with van der Waals surface area (Å²) >= 11 is 0. The maximum atomic E-state index is 14.0. The lowest BCUT2D eigenvalue weighted by molar-refractivity contribution is -0.148. The highest BCUT2D eigenvalue weighted by molar-refractivity contribution is 5.86. The molecule has 1 fully saturated rings. The molecule has 0 bridgehead atoms. The third kappa shape index (κ3) is 8.80. The van der Waals surface area contributed by atoms with Crippen LogP contribution in [-0.2, 0) is 20.7 Å². The number of carbonyl (C=O) groups is 2. The van der Waals surface area contributed by atoms with E-state index in [2.05, 4.69) is 16.9 Å². The van der Waals surface area contributed by atoms with Gasteiger partial charge in [-0.2, -0.15) is 8.78 Å². The highest BCUT2D eigenvalue weighted by Crippen LogP contribution is 2.34. The third-order valence-corrected chi connectivity index (χ3v) is 5.73. The lowest BCUT2D eigenvalue weighted by Gasteiger charge is -2.21. The van der Waals surface area contributed by atoms with Crippen molar-refractivity contribution in [1.82, 2.24) is 4.90 Å². The summed E-state index contributed by atoms with van der Waals surface area (Å²) in [4.78, 5) is 24.5. The van der Waals surface area contributed by atoms with Gasteiger partial charge in [0.15, 0.2) is 0 Å². The zero-order valence-electron chi connectivity index (χ0n) is 18.5. The highest BCUT2D eigenvalue weighted by Gasteiger charge is 2.52. The molecule has 1 heterocycles. The van der Waals surface area contributed by atoms with Gasteiger partial charge in [-0.15, -0.1) is 0 Å². The smallest absolute Gasteiger partial charge is 0.327 e. The fraction of sp³-hybridized carbons (Fsp3) is 0.600. The number of unbranched alkanes of at least 4 members (excludes halogenated alkanes) is 6. The van der Waals surface area contributed by atoms with Crippen LogP contribution in [0.2, 0.25) is 0 Å². The molecule has 1 aliphatic rings. The van der Waals surface area contributed by atoms with E-state index in [1.807, 2.05) is 24.3 Å². The van der Waals surface area contributed by atoms with Crippen LogP contribution in [0.25, 0.3) is 0 Å². The number of hydrogen-bond donors (Lipinski definition) is 0. The first-order chi connectivity index (χ1) is 14.9. The Morgan fingerprint density at radius 1 is 1.10 bits per heavy atom. The molecule has 1 aromatic rings. The molecular weight excluding hydrogens is 400 g/mol. The normalized spacial score (nSPS) is 18.1. The first-order valence-electron chi connectivity index (χ1n) is 11.4. The van der Waals surface area contributed by atoms with E-state index < -0.39 is 24.3 Å². The number of halogens is 2. The summed E-state index contributed by atoms with van der Waals surface area (Å²) in [5.41, 5.74) is 1.34. The molecule has 1 aliphatic heterocycles. The van der Waals surface area contributed by atoms with Crippen LogP contribution in [0.5, 0.6) is 0 Å². The van der Waals surface area contributed by atoms with E-state index in [1.54, 1.807) is 6.08 Å². The predicted octanol–water partition coefficient (Wildman–Crippen LogP) is 5.71. The van der Waals surface area contributed by atoms with Gasteiger partial charge < -0.3 is 9.64 Å². The average molecular weight is 436 g/mol. The van der Waals surface area contributed by atoms with Gasteiger partial charge in [0.05, 0.1) is 13.2 Å². The second kappa shape index (κ2) is 13.2. The highest BCUT2D eigenvalue weighted by atomic mass is 19.3. The quantitative estimate of drug-likeness (QED) is 0.214. The number of esters is 1. The molecule has 0 aliphatic carbocycles. The zero-order valence-corrected chi connectivity index (χ0v) is 18.5. The summed E-state index contributed by atoms with van der Waals surface area (Å²) in [5.74, 6) is -4.56. The van der Waals surface area contributed by atoms with E-state index >= 15 is 0 Å². The topological polar surface area (TPSA) is 46.6 Å². The summed E-state index contributed by atoms with van der Waals surface area (Å²) in [6.45, 7) is 0.332. The van der Waals surface area contributed by atoms with E-state index in [0.29, 0.717) is 25.8 Å². The number of amides is 1. The number of hydrogen-bond acceptors (Lipinski definition) is 3. The maximum Gasteiger partial charge on any atom is 0.327 e. The Morgan fingerprint density at radius 3 is 2.55 bits per heavy atom. The molecule has 2 rings (SSSR count). The van der Waals surface area contributed by atoms with Crippen LogP contribution in [0.1, 0.15) is 69.8 Å². The van der Waals surface area contributed by atoms with Crippen LogP contribution >= 0.6 is 0 Å². The number of allylic oxidation sites excluding steroid dienone is 1. The Balaban J connectivity index is 1.67. The number of alkyl halides is 2. The minimum Gasteiger partial charge on any atom is -0.469 e. The average Bonchev–Trinajstić information content (AvgIpc) is 2.98. The van der Waals surface area contributed by atoms with Crippen LogP contribution in [0.15, 0.2) is 42.5 Å². The van der Waals surface area contributed by atoms with Crippen molar-refractivity contribution >= 4 is 11.9 Å². The molecule has 1 saturated heterocycles. The number of benzene rings is 1. The van der Waals surface area contributed by atoms with Crippen molar-refractivity contribution in [3.05, 3.63) is 48.0 Å². The minimum absolute atomic E-state index is 0.236. The molecule has 0 spiro atoms. The molecule has 172 valence electrons. The molecule has 6 heteroatoms. The molecule has 0 aromatic heterocycles. The minimum atomic E-state index is -3.27. The van der Waals surface area contributed by atoms with Gasteiger partial charge >= 0.3 is 11.9 Å². The maximum absolute atomic E-state index is 14.0. The molecule has 4 nitrogen and oxygen atoms in total. The van der Waals surface area contributed by atoms with Gasteiger partial charge in [-0.3, -0.25) is 9.59 Å². The van der Waals surface area contributed by atoms with Gasteiger partial charge in [0.2, 0.25) is 0 Å². The Bertz CT molecular complexity index is 706. The molecule has 1 unspecified atom stereocenters. The first kappa shape index (κ1) is 25.0. The largest absolute Gasteiger partial charge is 0.469 e. The fourth-order valence-electron chi connectivity index (χ4n) is 3.93. The second-order valence-electron chi connectivity index (χ2n) is 8.23. The number of rotatable bonds is 14. The lowest BCUT2D eigenvalue weighted by atomic mass is 10.1. The fourth-order valence-corrected chi connectivity index (χ4v) is 3.93. The number of aryl methyl sites for hydroxylation is 1. The van der Waals surface area contributed by atoms with E-state index in [9.17, 15) is 18.4 Å². The zero-order chi connectivity index (χ0) is 22.5. The molecule has 0 saturated carbocycles. The molecule has 1 atom stereocenters. The second-order valence-corrected chi connectivity index (χ2v) is 8.23. The SMILES string of the molecule is COC(=O)CCCCCCN1C(=O)C(F)(F)CC1/C=C/CCCCCc1ccccc1. The van der Waals surface area contributed by atoms with Gasteiger partial charge in [0.1, 0.15) is 0 Å². The molecular formula is C25H35F2NO3. The van der Waals surface area contributed by atoms with Gasteiger partial charge in [-0.1, -0.05) is 61.7 Å². The van der Waals surface area contributed by atoms with Crippen LogP contribution in [-0.4, -0.2) is 42.4 Å². The molecule has 0 N–H and O–H groups in total. The van der Waals surface area contributed by atoms with Crippen molar-refractivity contribution in [3.63, 3.8) is 0 Å². The molecule has 31 heavy (non-hydrogen) atoms. The van der Waals surface area contributed by atoms with E-state index in [1.165, 1.54) is 17.6 Å². The van der Waals surface area contributed by atoms with E-state index in [0.717, 1.165) is 44.9 Å². The number of ether oxygens (including phenoxy) is 1. The van der Waals surface area contributed by atoms with Crippen LogP contribution in [0.4, 0.5) is 8.78 Å². The van der Waals surface area contributed by atoms with Crippen molar-refractivity contribution in [1.29, 1.82) is 0 Å². The number of carbonyl (C=O) groups excluding carboxylic acids is 2. The van der Waals surface area contributed by atoms with E-state index in [-0.39, 0.29) is 5.97 Å². The Hall–Kier alpha value is -2.24. The number of methoxy groups -OCH3 is 1. The van der Waals surface area contributed by atoms with Crippen molar-refractivity contribution < 1.29 is 23.1 Å². The summed E-state index contributed by atoms with van der Waals surface area (Å²) in [5, 5.41) is 0. The Morgan fingerprint density at radius 2 is 1.81 bits per heavy atom. The van der Waals surface area contributed by atoms with Crippen LogP contribution < -0.4 is 0 Å². The molecule has 1 amide bonds. The Labute approximate surface area is 184 Å². The van der Waals surface area contributed by atoms with Gasteiger partial charge in [-0.05, 0) is 44.1 Å². The van der Waals surface area contributed by atoms with Gasteiger partial charge in [0.25, 0.3) is 5.91 Å². The van der Waals surface area contributed by atoms with Gasteiger partial charge in [-0.25, -0.2) is 0 Å². The van der Waals surface area contributed by atoms with Crippen molar-refractivity contribution in [2.24, 2.45) is 0 Å². The summed E-state index contributed by atoms with van der Waals surface area (Å²) in [6, 6.07) is 9.84. The van der Waals surface area contributed by atoms with E-state index in [4.69, 9.17) is 0 Å².